The molecule has 0 aromatic heterocycles. The summed E-state index contributed by atoms with van der Waals surface area (Å²) < 4.78 is 32.8. The van der Waals surface area contributed by atoms with Gasteiger partial charge in [-0.3, -0.25) is 18.6 Å². The molecule has 0 saturated heterocycles. The molecule has 0 aromatic carbocycles. The van der Waals surface area contributed by atoms with Crippen molar-refractivity contribution in [1.29, 1.82) is 0 Å². The Labute approximate surface area is 301 Å². The van der Waals surface area contributed by atoms with Gasteiger partial charge in [0, 0.05) is 12.8 Å². The molecule has 0 amide bonds. The molecule has 0 bridgehead atoms. The first-order valence-corrected chi connectivity index (χ1v) is 21.9. The summed E-state index contributed by atoms with van der Waals surface area (Å²) in [5, 5.41) is 0. The Bertz CT molecular complexity index is 784. The number of esters is 2. The molecule has 9 nitrogen and oxygen atoms in total. The number of hydrogen-bond acceptors (Lipinski definition) is 7. The second kappa shape index (κ2) is 36.8. The monoisotopic (exact) mass is 720 g/mol. The van der Waals surface area contributed by atoms with Crippen LogP contribution in [0.25, 0.3) is 0 Å². The van der Waals surface area contributed by atoms with Crippen molar-refractivity contribution in [2.24, 2.45) is 0 Å². The predicted molar refractivity (Wildman–Crippen MR) is 200 cm³/mol. The quantitative estimate of drug-likeness (QED) is 0.0277. The third-order valence-electron chi connectivity index (χ3n) is 8.92. The molecule has 4 N–H and O–H groups in total. The first-order valence-electron chi connectivity index (χ1n) is 20.4. The van der Waals surface area contributed by atoms with Gasteiger partial charge in [-0.25, -0.2) is 4.57 Å². The van der Waals surface area contributed by atoms with Crippen LogP contribution in [-0.2, 0) is 32.7 Å². The van der Waals surface area contributed by atoms with Gasteiger partial charge in [0.05, 0.1) is 13.2 Å². The second-order valence-electron chi connectivity index (χ2n) is 13.8. The van der Waals surface area contributed by atoms with Crippen LogP contribution in [0.1, 0.15) is 200 Å². The molecule has 2 atom stereocenters. The standard InChI is InChI=1S/C39H77NO8P/c1-3-5-7-9-11-13-15-17-18-20-22-24-26-28-30-32-39(42)48-37(36-47-49(43,44)46-34-33-40)35-45-38(41)31-29-27-25-23-21-19-16-14-12-10-8-6-4-2/h37H,2-36,40H2,1H3,(H,43,44)/q-1/p+1/t37-/m1/s1. The lowest BCUT2D eigenvalue weighted by Crippen LogP contribution is -2.52. The molecule has 0 aliphatic heterocycles. The van der Waals surface area contributed by atoms with Gasteiger partial charge in [0.2, 0.25) is 0 Å². The molecular formula is C39H78NO8P. The Balaban J connectivity index is 4.14. The van der Waals surface area contributed by atoms with Gasteiger partial charge in [0.15, 0.2) is 6.10 Å². The molecule has 10 heteroatoms. The van der Waals surface area contributed by atoms with Crippen LogP contribution >= 0.6 is 7.82 Å². The first kappa shape index (κ1) is 48.0. The van der Waals surface area contributed by atoms with Crippen LogP contribution in [0.4, 0.5) is 0 Å². The van der Waals surface area contributed by atoms with Gasteiger partial charge in [0.25, 0.3) is 0 Å². The number of phosphoric ester groups is 1. The van der Waals surface area contributed by atoms with E-state index in [0.717, 1.165) is 38.5 Å². The summed E-state index contributed by atoms with van der Waals surface area (Å²) >= 11 is 0. The van der Waals surface area contributed by atoms with E-state index < -0.39 is 26.5 Å². The lowest BCUT2D eigenvalue weighted by atomic mass is 10.0. The van der Waals surface area contributed by atoms with Crippen molar-refractivity contribution >= 4 is 19.8 Å². The minimum Gasteiger partial charge on any atom is -0.462 e. The van der Waals surface area contributed by atoms with Crippen LogP contribution < -0.4 is 5.73 Å². The van der Waals surface area contributed by atoms with Gasteiger partial charge >= 0.3 is 19.8 Å². The highest BCUT2D eigenvalue weighted by Gasteiger charge is 2.26. The van der Waals surface area contributed by atoms with E-state index in [1.165, 1.54) is 135 Å². The van der Waals surface area contributed by atoms with Crippen molar-refractivity contribution in [1.82, 2.24) is 0 Å². The molecule has 49 heavy (non-hydrogen) atoms. The van der Waals surface area contributed by atoms with Crippen LogP contribution in [0.5, 0.6) is 0 Å². The lowest BCUT2D eigenvalue weighted by Gasteiger charge is -2.19. The topological polar surface area (TPSA) is 136 Å². The van der Waals surface area contributed by atoms with Crippen LogP contribution in [0.3, 0.4) is 0 Å². The summed E-state index contributed by atoms with van der Waals surface area (Å²) in [7, 11) is -4.33. The molecule has 0 radical (unpaired) electrons. The predicted octanol–water partition coefficient (Wildman–Crippen LogP) is 10.4. The Morgan fingerprint density at radius 1 is 0.592 bits per heavy atom. The Morgan fingerprint density at radius 3 is 1.39 bits per heavy atom. The molecule has 1 unspecified atom stereocenters. The van der Waals surface area contributed by atoms with Gasteiger partial charge in [-0.2, -0.15) is 6.42 Å². The zero-order chi connectivity index (χ0) is 36.1. The Morgan fingerprint density at radius 2 is 0.980 bits per heavy atom. The van der Waals surface area contributed by atoms with E-state index in [0.29, 0.717) is 19.4 Å². The first-order chi connectivity index (χ1) is 23.8. The maximum Gasteiger partial charge on any atom is 0.472 e. The van der Waals surface area contributed by atoms with Crippen LogP contribution in [-0.4, -0.2) is 49.3 Å². The molecule has 0 saturated carbocycles. The fourth-order valence-corrected chi connectivity index (χ4v) is 6.66. The van der Waals surface area contributed by atoms with Gasteiger partial charge in [-0.1, -0.05) is 167 Å². The highest BCUT2D eigenvalue weighted by atomic mass is 31.2. The Hall–Kier alpha value is -0.990. The molecule has 0 heterocycles. The number of hydrogen-bond donors (Lipinski definition) is 2. The largest absolute Gasteiger partial charge is 0.472 e. The summed E-state index contributed by atoms with van der Waals surface area (Å²) in [6, 6.07) is 0. The molecule has 0 aromatic rings. The van der Waals surface area contributed by atoms with Gasteiger partial charge in [-0.05, 0) is 12.8 Å². The van der Waals surface area contributed by atoms with Crippen molar-refractivity contribution in [3.8, 4) is 0 Å². The highest BCUT2D eigenvalue weighted by Crippen LogP contribution is 2.43. The van der Waals surface area contributed by atoms with Crippen molar-refractivity contribution in [2.75, 3.05) is 26.4 Å². The number of ether oxygens (including phenoxy) is 2. The number of rotatable bonds is 39. The van der Waals surface area contributed by atoms with Crippen molar-refractivity contribution in [3.63, 3.8) is 0 Å². The number of unbranched alkanes of at least 4 members (excludes halogenated alkanes) is 26. The summed E-state index contributed by atoms with van der Waals surface area (Å²) in [5.41, 5.74) is 3.58. The number of carbonyl (C=O) groups excluding carboxylic acids is 2. The van der Waals surface area contributed by atoms with Crippen molar-refractivity contribution < 1.29 is 43.3 Å². The average molecular weight is 720 g/mol. The van der Waals surface area contributed by atoms with Crippen molar-refractivity contribution in [2.45, 2.75) is 206 Å². The number of phosphoric acid groups is 1. The van der Waals surface area contributed by atoms with Gasteiger partial charge in [-0.15, -0.1) is 0 Å². The van der Waals surface area contributed by atoms with Gasteiger partial charge in [0.1, 0.15) is 13.2 Å². The fraction of sp³-hybridized carbons (Fsp3) is 0.923. The van der Waals surface area contributed by atoms with E-state index in [9.17, 15) is 19.0 Å². The molecular weight excluding hydrogens is 641 g/mol. The summed E-state index contributed by atoms with van der Waals surface area (Å²) in [4.78, 5) is 34.8. The van der Waals surface area contributed by atoms with Gasteiger partial charge < -0.3 is 27.0 Å². The van der Waals surface area contributed by atoms with E-state index in [1.807, 2.05) is 0 Å². The summed E-state index contributed by atoms with van der Waals surface area (Å²) in [5.74, 6) is -0.803. The average Bonchev–Trinajstić information content (AvgIpc) is 3.08. The zero-order valence-electron chi connectivity index (χ0n) is 31.8. The zero-order valence-corrected chi connectivity index (χ0v) is 32.7. The SMILES string of the molecule is [CH2-]CCCCCCCCCCCCCCC(=O)OC[C@H](COP(=O)(O)OCC[NH3+])OC(=O)CCCCCCCCCCCCCCCCC. The van der Waals surface area contributed by atoms with E-state index >= 15 is 0 Å². The molecule has 0 fully saturated rings. The van der Waals surface area contributed by atoms with E-state index in [1.54, 1.807) is 0 Å². The smallest absolute Gasteiger partial charge is 0.462 e. The van der Waals surface area contributed by atoms with Crippen LogP contribution in [0, 0.1) is 6.92 Å². The molecule has 0 aliphatic rings. The molecule has 0 spiro atoms. The number of quaternary nitrogens is 1. The third kappa shape index (κ3) is 36.6. The van der Waals surface area contributed by atoms with Crippen LogP contribution in [0.2, 0.25) is 0 Å². The minimum atomic E-state index is -4.33. The number of carbonyl (C=O) groups is 2. The second-order valence-corrected chi connectivity index (χ2v) is 15.2. The maximum atomic E-state index is 12.5. The van der Waals surface area contributed by atoms with E-state index in [4.69, 9.17) is 18.5 Å². The van der Waals surface area contributed by atoms with E-state index in [-0.39, 0.29) is 25.6 Å². The fourth-order valence-electron chi connectivity index (χ4n) is 5.87. The molecule has 0 aliphatic carbocycles. The molecule has 292 valence electrons. The molecule has 0 rings (SSSR count). The summed E-state index contributed by atoms with van der Waals surface area (Å²) in [6.45, 7) is 5.79. The Kier molecular flexibility index (Phi) is 36.0. The normalized spacial score (nSPS) is 13.3. The van der Waals surface area contributed by atoms with E-state index in [2.05, 4.69) is 19.6 Å². The minimum absolute atomic E-state index is 0.0379. The maximum absolute atomic E-state index is 12.5. The van der Waals surface area contributed by atoms with Crippen molar-refractivity contribution in [3.05, 3.63) is 6.92 Å². The summed E-state index contributed by atoms with van der Waals surface area (Å²) in [6.07, 6.45) is 33.6. The lowest BCUT2D eigenvalue weighted by molar-refractivity contribution is -0.371. The van der Waals surface area contributed by atoms with Crippen LogP contribution in [0.15, 0.2) is 0 Å². The third-order valence-corrected chi connectivity index (χ3v) is 9.90. The highest BCUT2D eigenvalue weighted by molar-refractivity contribution is 7.47.